The Morgan fingerprint density at radius 1 is 1.29 bits per heavy atom. The first-order valence-electron chi connectivity index (χ1n) is 7.14. The Morgan fingerprint density at radius 2 is 2.05 bits per heavy atom. The van der Waals surface area contributed by atoms with Gasteiger partial charge < -0.3 is 10.3 Å². The molecule has 0 bridgehead atoms. The van der Waals surface area contributed by atoms with Crippen molar-refractivity contribution in [2.75, 3.05) is 6.54 Å². The second-order valence-corrected chi connectivity index (χ2v) is 6.00. The molecule has 1 heterocycles. The Balaban J connectivity index is 1.95. The zero-order valence-electron chi connectivity index (χ0n) is 11.6. The monoisotopic (exact) mass is 309 g/mol. The average molecular weight is 310 g/mol. The fourth-order valence-corrected chi connectivity index (χ4v) is 3.20. The molecule has 1 fully saturated rings. The zero-order chi connectivity index (χ0) is 14.9. The maximum absolute atomic E-state index is 13.1. The minimum Gasteiger partial charge on any atom is -0.338 e. The average Bonchev–Trinajstić information content (AvgIpc) is 2.98. The van der Waals surface area contributed by atoms with Crippen LogP contribution in [0.3, 0.4) is 0 Å². The van der Waals surface area contributed by atoms with Crippen molar-refractivity contribution in [3.8, 4) is 11.4 Å². The van der Waals surface area contributed by atoms with Gasteiger partial charge in [0.15, 0.2) is 0 Å². The Kier molecular flexibility index (Phi) is 3.95. The molecule has 1 aliphatic rings. The number of rotatable bonds is 3. The van der Waals surface area contributed by atoms with E-state index < -0.39 is 5.82 Å². The van der Waals surface area contributed by atoms with E-state index in [4.69, 9.17) is 21.9 Å². The summed E-state index contributed by atoms with van der Waals surface area (Å²) >= 11 is 6.04. The highest BCUT2D eigenvalue weighted by atomic mass is 35.5. The van der Waals surface area contributed by atoms with Crippen LogP contribution in [-0.4, -0.2) is 16.7 Å². The molecular formula is C15H17ClFN3O. The summed E-state index contributed by atoms with van der Waals surface area (Å²) in [5.41, 5.74) is 6.30. The Hall–Kier alpha value is -1.46. The quantitative estimate of drug-likeness (QED) is 0.939. The van der Waals surface area contributed by atoms with Crippen LogP contribution in [0.15, 0.2) is 22.7 Å². The van der Waals surface area contributed by atoms with Crippen LogP contribution >= 0.6 is 11.6 Å². The van der Waals surface area contributed by atoms with Gasteiger partial charge in [0.25, 0.3) is 0 Å². The van der Waals surface area contributed by atoms with Crippen LogP contribution in [0, 0.1) is 5.82 Å². The van der Waals surface area contributed by atoms with Crippen LogP contribution in [0.2, 0.25) is 5.02 Å². The Labute approximate surface area is 127 Å². The van der Waals surface area contributed by atoms with Crippen molar-refractivity contribution in [2.24, 2.45) is 5.73 Å². The molecule has 0 spiro atoms. The summed E-state index contributed by atoms with van der Waals surface area (Å²) in [7, 11) is 0. The van der Waals surface area contributed by atoms with Crippen LogP contribution in [0.25, 0.3) is 11.4 Å². The second-order valence-electron chi connectivity index (χ2n) is 5.59. The van der Waals surface area contributed by atoms with E-state index in [1.54, 1.807) is 6.07 Å². The summed E-state index contributed by atoms with van der Waals surface area (Å²) < 4.78 is 18.6. The van der Waals surface area contributed by atoms with E-state index in [2.05, 4.69) is 10.1 Å². The first-order chi connectivity index (χ1) is 10.1. The zero-order valence-corrected chi connectivity index (χ0v) is 12.4. The summed E-state index contributed by atoms with van der Waals surface area (Å²) in [6, 6.07) is 4.13. The van der Waals surface area contributed by atoms with Crippen LogP contribution in [-0.2, 0) is 5.41 Å². The number of benzene rings is 1. The lowest BCUT2D eigenvalue weighted by molar-refractivity contribution is 0.220. The summed E-state index contributed by atoms with van der Waals surface area (Å²) in [5.74, 6) is 0.562. The maximum Gasteiger partial charge on any atom is 0.234 e. The van der Waals surface area contributed by atoms with E-state index >= 15 is 0 Å². The van der Waals surface area contributed by atoms with Crippen molar-refractivity contribution in [3.63, 3.8) is 0 Å². The number of nitrogens with zero attached hydrogens (tertiary/aromatic N) is 2. The third-order valence-corrected chi connectivity index (χ3v) is 4.57. The summed E-state index contributed by atoms with van der Waals surface area (Å²) in [6.45, 7) is 0.492. The minimum atomic E-state index is -0.391. The van der Waals surface area contributed by atoms with Gasteiger partial charge in [-0.15, -0.1) is 0 Å². The molecule has 4 nitrogen and oxygen atoms in total. The van der Waals surface area contributed by atoms with Crippen LogP contribution < -0.4 is 5.73 Å². The number of halogens is 2. The number of hydrogen-bond donors (Lipinski definition) is 1. The fraction of sp³-hybridized carbons (Fsp3) is 0.467. The Morgan fingerprint density at radius 3 is 2.71 bits per heavy atom. The van der Waals surface area contributed by atoms with Gasteiger partial charge in [-0.1, -0.05) is 36.0 Å². The van der Waals surface area contributed by atoms with Gasteiger partial charge in [0, 0.05) is 12.1 Å². The van der Waals surface area contributed by atoms with Crippen LogP contribution in [0.5, 0.6) is 0 Å². The molecule has 0 amide bonds. The van der Waals surface area contributed by atoms with Crippen molar-refractivity contribution in [1.82, 2.24) is 10.1 Å². The van der Waals surface area contributed by atoms with Crippen LogP contribution in [0.4, 0.5) is 4.39 Å². The topological polar surface area (TPSA) is 64.9 Å². The molecule has 112 valence electrons. The SMILES string of the molecule is NCC1(c2nc(-c3ccc(F)cc3Cl)no2)CCCCC1. The second kappa shape index (κ2) is 5.73. The van der Waals surface area contributed by atoms with Gasteiger partial charge in [0.05, 0.1) is 10.4 Å². The van der Waals surface area contributed by atoms with Gasteiger partial charge in [0.2, 0.25) is 11.7 Å². The Bertz CT molecular complexity index is 638. The van der Waals surface area contributed by atoms with Crippen molar-refractivity contribution in [1.29, 1.82) is 0 Å². The summed E-state index contributed by atoms with van der Waals surface area (Å²) in [6.07, 6.45) is 5.37. The normalized spacial score (nSPS) is 17.9. The predicted octanol–water partition coefficient (Wildman–Crippen LogP) is 3.69. The maximum atomic E-state index is 13.1. The lowest BCUT2D eigenvalue weighted by Crippen LogP contribution is -2.37. The molecular weight excluding hydrogens is 293 g/mol. The van der Waals surface area contributed by atoms with E-state index in [9.17, 15) is 4.39 Å². The molecule has 1 aliphatic carbocycles. The van der Waals surface area contributed by atoms with Gasteiger partial charge in [-0.3, -0.25) is 0 Å². The number of hydrogen-bond acceptors (Lipinski definition) is 4. The lowest BCUT2D eigenvalue weighted by Gasteiger charge is -2.32. The first-order valence-corrected chi connectivity index (χ1v) is 7.52. The van der Waals surface area contributed by atoms with E-state index in [1.165, 1.54) is 18.6 Å². The van der Waals surface area contributed by atoms with Crippen molar-refractivity contribution < 1.29 is 8.91 Å². The molecule has 1 aromatic carbocycles. The van der Waals surface area contributed by atoms with Crippen molar-refractivity contribution in [2.45, 2.75) is 37.5 Å². The largest absolute Gasteiger partial charge is 0.338 e. The molecule has 0 radical (unpaired) electrons. The molecule has 0 saturated heterocycles. The standard InChI is InChI=1S/C15H17ClFN3O/c16-12-8-10(17)4-5-11(12)13-19-14(21-20-13)15(9-18)6-2-1-3-7-15/h4-5,8H,1-3,6-7,9,18H2. The van der Waals surface area contributed by atoms with E-state index in [1.807, 2.05) is 0 Å². The third-order valence-electron chi connectivity index (χ3n) is 4.25. The third kappa shape index (κ3) is 2.68. The predicted molar refractivity (Wildman–Crippen MR) is 78.5 cm³/mol. The molecule has 3 rings (SSSR count). The molecule has 2 aromatic rings. The van der Waals surface area contributed by atoms with E-state index in [0.717, 1.165) is 25.7 Å². The molecule has 0 unspecified atom stereocenters. The van der Waals surface area contributed by atoms with Gasteiger partial charge in [-0.25, -0.2) is 4.39 Å². The first kappa shape index (κ1) is 14.5. The van der Waals surface area contributed by atoms with E-state index in [0.29, 0.717) is 23.8 Å². The highest BCUT2D eigenvalue weighted by Crippen LogP contribution is 2.38. The van der Waals surface area contributed by atoms with Crippen LogP contribution in [0.1, 0.15) is 38.0 Å². The number of nitrogens with two attached hydrogens (primary N) is 1. The molecule has 0 atom stereocenters. The van der Waals surface area contributed by atoms with Crippen molar-refractivity contribution >= 4 is 11.6 Å². The van der Waals surface area contributed by atoms with Gasteiger partial charge in [-0.2, -0.15) is 4.98 Å². The smallest absolute Gasteiger partial charge is 0.234 e. The molecule has 6 heteroatoms. The molecule has 2 N–H and O–H groups in total. The molecule has 1 saturated carbocycles. The number of aromatic nitrogens is 2. The van der Waals surface area contributed by atoms with E-state index in [-0.39, 0.29) is 10.4 Å². The van der Waals surface area contributed by atoms with Gasteiger partial charge in [-0.05, 0) is 31.0 Å². The highest BCUT2D eigenvalue weighted by molar-refractivity contribution is 6.33. The van der Waals surface area contributed by atoms with Gasteiger partial charge in [0.1, 0.15) is 5.82 Å². The molecule has 0 aliphatic heterocycles. The van der Waals surface area contributed by atoms with Gasteiger partial charge >= 0.3 is 0 Å². The molecule has 1 aromatic heterocycles. The summed E-state index contributed by atoms with van der Waals surface area (Å²) in [4.78, 5) is 4.47. The minimum absolute atomic E-state index is 0.226. The highest BCUT2D eigenvalue weighted by Gasteiger charge is 2.38. The van der Waals surface area contributed by atoms with Crippen molar-refractivity contribution in [3.05, 3.63) is 34.9 Å². The lowest BCUT2D eigenvalue weighted by atomic mass is 9.74. The summed E-state index contributed by atoms with van der Waals surface area (Å²) in [5, 5.41) is 4.27. The molecule has 21 heavy (non-hydrogen) atoms. The fourth-order valence-electron chi connectivity index (χ4n) is 2.95.